The molecule has 7 heteroatoms. The van der Waals surface area contributed by atoms with Gasteiger partial charge in [-0.25, -0.2) is 4.39 Å². The summed E-state index contributed by atoms with van der Waals surface area (Å²) in [6.07, 6.45) is 0.598. The number of imide groups is 1. The first kappa shape index (κ1) is 14.0. The average Bonchev–Trinajstić information content (AvgIpc) is 3.00. The van der Waals surface area contributed by atoms with Gasteiger partial charge in [0.2, 0.25) is 11.8 Å². The third-order valence-electron chi connectivity index (χ3n) is 4.70. The Kier molecular flexibility index (Phi) is 2.88. The molecule has 0 spiro atoms. The van der Waals surface area contributed by atoms with Crippen LogP contribution >= 0.6 is 0 Å². The number of benzene rings is 1. The number of fused-ring (bicyclic) bond motifs is 2. The quantitative estimate of drug-likeness (QED) is 0.753. The standard InChI is InChI=1S/C16H13FN2O4/c17-14-10-5-9(20)4-7(10)3-8-6-19(16(23)13(8)14)11-1-2-12(21)18-15(11)22/h3,11H,1-2,4-6H2,(H,18,21,22)/t11-/m0/s1. The maximum Gasteiger partial charge on any atom is 0.258 e. The predicted molar refractivity (Wildman–Crippen MR) is 74.9 cm³/mol. The molecule has 23 heavy (non-hydrogen) atoms. The van der Waals surface area contributed by atoms with Crippen LogP contribution in [0.4, 0.5) is 4.39 Å². The molecule has 0 unspecified atom stereocenters. The summed E-state index contributed by atoms with van der Waals surface area (Å²) >= 11 is 0. The predicted octanol–water partition coefficient (Wildman–Crippen LogP) is 0.254. The van der Waals surface area contributed by atoms with Crippen molar-refractivity contribution in [2.45, 2.75) is 38.3 Å². The molecule has 3 aliphatic rings. The second-order valence-electron chi connectivity index (χ2n) is 6.15. The van der Waals surface area contributed by atoms with Gasteiger partial charge in [0.05, 0.1) is 5.56 Å². The molecule has 1 aliphatic carbocycles. The molecule has 0 radical (unpaired) electrons. The summed E-state index contributed by atoms with van der Waals surface area (Å²) < 4.78 is 14.6. The van der Waals surface area contributed by atoms with Crippen molar-refractivity contribution in [3.05, 3.63) is 34.1 Å². The molecule has 1 fully saturated rings. The molecular formula is C16H13FN2O4. The van der Waals surface area contributed by atoms with Gasteiger partial charge < -0.3 is 4.90 Å². The summed E-state index contributed by atoms with van der Waals surface area (Å²) in [4.78, 5) is 48.6. The summed E-state index contributed by atoms with van der Waals surface area (Å²) in [5.74, 6) is -2.13. The van der Waals surface area contributed by atoms with Crippen LogP contribution in [0.3, 0.4) is 0 Å². The highest BCUT2D eigenvalue weighted by atomic mass is 19.1. The summed E-state index contributed by atoms with van der Waals surface area (Å²) in [5, 5.41) is 2.21. The van der Waals surface area contributed by atoms with Gasteiger partial charge >= 0.3 is 0 Å². The molecule has 0 bridgehead atoms. The van der Waals surface area contributed by atoms with Gasteiger partial charge in [0.25, 0.3) is 5.91 Å². The van der Waals surface area contributed by atoms with Crippen molar-refractivity contribution in [2.24, 2.45) is 0 Å². The molecular weight excluding hydrogens is 303 g/mol. The van der Waals surface area contributed by atoms with Crippen molar-refractivity contribution in [2.75, 3.05) is 0 Å². The Balaban J connectivity index is 1.70. The topological polar surface area (TPSA) is 83.6 Å². The first-order valence-corrected chi connectivity index (χ1v) is 7.45. The smallest absolute Gasteiger partial charge is 0.258 e. The minimum atomic E-state index is -0.761. The number of halogens is 1. The lowest BCUT2D eigenvalue weighted by molar-refractivity contribution is -0.137. The molecule has 2 heterocycles. The number of nitrogens with zero attached hydrogens (tertiary/aromatic N) is 1. The summed E-state index contributed by atoms with van der Waals surface area (Å²) in [7, 11) is 0. The second-order valence-corrected chi connectivity index (χ2v) is 6.15. The highest BCUT2D eigenvalue weighted by molar-refractivity contribution is 6.06. The Hall–Kier alpha value is -2.57. The Labute approximate surface area is 130 Å². The van der Waals surface area contributed by atoms with E-state index in [4.69, 9.17) is 0 Å². The number of amides is 3. The number of nitrogens with one attached hydrogen (secondary N) is 1. The van der Waals surface area contributed by atoms with E-state index in [2.05, 4.69) is 5.32 Å². The van der Waals surface area contributed by atoms with Gasteiger partial charge in [-0.2, -0.15) is 0 Å². The number of hydrogen-bond donors (Lipinski definition) is 1. The molecule has 118 valence electrons. The largest absolute Gasteiger partial charge is 0.322 e. The van der Waals surface area contributed by atoms with E-state index < -0.39 is 23.7 Å². The number of carbonyl (C=O) groups excluding carboxylic acids is 4. The lowest BCUT2D eigenvalue weighted by Gasteiger charge is -2.29. The Morgan fingerprint density at radius 3 is 2.65 bits per heavy atom. The normalized spacial score (nSPS) is 23.2. The molecule has 3 amide bonds. The molecule has 1 atom stereocenters. The highest BCUT2D eigenvalue weighted by Crippen LogP contribution is 2.34. The van der Waals surface area contributed by atoms with Crippen LogP contribution in [-0.2, 0) is 33.8 Å². The monoisotopic (exact) mass is 316 g/mol. The summed E-state index contributed by atoms with van der Waals surface area (Å²) in [6, 6.07) is 0.936. The fourth-order valence-corrected chi connectivity index (χ4v) is 3.61. The fraction of sp³-hybridized carbons (Fsp3) is 0.375. The number of rotatable bonds is 1. The molecule has 1 N–H and O–H groups in total. The van der Waals surface area contributed by atoms with Crippen LogP contribution in [0.15, 0.2) is 6.07 Å². The minimum Gasteiger partial charge on any atom is -0.322 e. The highest BCUT2D eigenvalue weighted by Gasteiger charge is 2.42. The van der Waals surface area contributed by atoms with Crippen molar-refractivity contribution < 1.29 is 23.6 Å². The van der Waals surface area contributed by atoms with E-state index in [1.165, 1.54) is 4.90 Å². The van der Waals surface area contributed by atoms with Crippen molar-refractivity contribution in [3.63, 3.8) is 0 Å². The van der Waals surface area contributed by atoms with E-state index in [0.717, 1.165) is 0 Å². The first-order chi connectivity index (χ1) is 11.0. The summed E-state index contributed by atoms with van der Waals surface area (Å²) in [5.41, 5.74) is 1.39. The Bertz CT molecular complexity index is 802. The van der Waals surface area contributed by atoms with Gasteiger partial charge in [-0.05, 0) is 23.1 Å². The minimum absolute atomic E-state index is 0.0140. The van der Waals surface area contributed by atoms with Crippen LogP contribution < -0.4 is 5.32 Å². The van der Waals surface area contributed by atoms with E-state index >= 15 is 0 Å². The third-order valence-corrected chi connectivity index (χ3v) is 4.70. The molecule has 2 aliphatic heterocycles. The molecule has 1 saturated heterocycles. The average molecular weight is 316 g/mol. The van der Waals surface area contributed by atoms with Crippen LogP contribution in [0, 0.1) is 5.82 Å². The van der Waals surface area contributed by atoms with Crippen LogP contribution in [0.5, 0.6) is 0 Å². The van der Waals surface area contributed by atoms with Gasteiger partial charge in [0, 0.05) is 25.8 Å². The van der Waals surface area contributed by atoms with Crippen LogP contribution in [0.2, 0.25) is 0 Å². The molecule has 4 rings (SSSR count). The number of carbonyl (C=O) groups is 4. The van der Waals surface area contributed by atoms with Crippen molar-refractivity contribution >= 4 is 23.5 Å². The zero-order valence-corrected chi connectivity index (χ0v) is 12.1. The zero-order valence-electron chi connectivity index (χ0n) is 12.1. The number of piperidine rings is 1. The van der Waals surface area contributed by atoms with Gasteiger partial charge in [-0.15, -0.1) is 0 Å². The molecule has 1 aromatic rings. The van der Waals surface area contributed by atoms with Crippen molar-refractivity contribution in [3.8, 4) is 0 Å². The van der Waals surface area contributed by atoms with E-state index in [9.17, 15) is 23.6 Å². The van der Waals surface area contributed by atoms with Crippen molar-refractivity contribution in [1.82, 2.24) is 10.2 Å². The first-order valence-electron chi connectivity index (χ1n) is 7.45. The Morgan fingerprint density at radius 2 is 1.91 bits per heavy atom. The maximum absolute atomic E-state index is 14.6. The molecule has 6 nitrogen and oxygen atoms in total. The fourth-order valence-electron chi connectivity index (χ4n) is 3.61. The number of ketones is 1. The number of Topliss-reactive ketones (excluding diaryl/α,β-unsaturated/α-hetero) is 1. The summed E-state index contributed by atoms with van der Waals surface area (Å²) in [6.45, 7) is 0.124. The Morgan fingerprint density at radius 1 is 1.13 bits per heavy atom. The van der Waals surface area contributed by atoms with Gasteiger partial charge in [-0.1, -0.05) is 6.07 Å². The second kappa shape index (κ2) is 4.71. The number of hydrogen-bond acceptors (Lipinski definition) is 4. The lowest BCUT2D eigenvalue weighted by atomic mass is 10.0. The molecule has 1 aromatic carbocycles. The van der Waals surface area contributed by atoms with Crippen molar-refractivity contribution in [1.29, 1.82) is 0 Å². The van der Waals surface area contributed by atoms with Gasteiger partial charge in [0.1, 0.15) is 17.6 Å². The SMILES string of the molecule is O=C1Cc2cc3c(c(F)c2C1)C(=O)N([C@H]1CCC(=O)NC1=O)C3. The van der Waals surface area contributed by atoms with E-state index in [1.807, 2.05) is 0 Å². The van der Waals surface area contributed by atoms with E-state index in [-0.39, 0.29) is 49.5 Å². The zero-order chi connectivity index (χ0) is 16.3. The van der Waals surface area contributed by atoms with E-state index in [0.29, 0.717) is 16.7 Å². The van der Waals surface area contributed by atoms with Gasteiger partial charge in [-0.3, -0.25) is 24.5 Å². The van der Waals surface area contributed by atoms with Crippen LogP contribution in [0.25, 0.3) is 0 Å². The van der Waals surface area contributed by atoms with Gasteiger partial charge in [0.15, 0.2) is 0 Å². The molecule has 0 aromatic heterocycles. The third kappa shape index (κ3) is 1.99. The molecule has 0 saturated carbocycles. The van der Waals surface area contributed by atoms with E-state index in [1.54, 1.807) is 6.07 Å². The maximum atomic E-state index is 14.6. The lowest BCUT2D eigenvalue weighted by Crippen LogP contribution is -2.52. The van der Waals surface area contributed by atoms with Crippen LogP contribution in [-0.4, -0.2) is 34.4 Å². The van der Waals surface area contributed by atoms with Crippen LogP contribution in [0.1, 0.15) is 39.9 Å².